The zero-order chi connectivity index (χ0) is 22.5. The SMILES string of the molecule is CCc1ccc(N=C2NC(=O)/C(=C/c3ccc(OCc4ccc(Cl)cc4)c(I)c3)S2)cc1. The maximum Gasteiger partial charge on any atom is 0.264 e. The summed E-state index contributed by atoms with van der Waals surface area (Å²) in [6.07, 6.45) is 2.85. The molecule has 0 spiro atoms. The number of amidine groups is 1. The van der Waals surface area contributed by atoms with E-state index in [1.807, 2.05) is 60.7 Å². The van der Waals surface area contributed by atoms with Gasteiger partial charge in [0.05, 0.1) is 14.2 Å². The number of halogens is 2. The first-order valence-corrected chi connectivity index (χ1v) is 12.3. The van der Waals surface area contributed by atoms with Gasteiger partial charge in [-0.1, -0.05) is 48.9 Å². The van der Waals surface area contributed by atoms with Crippen LogP contribution in [-0.2, 0) is 17.8 Å². The molecule has 3 aromatic rings. The number of carbonyl (C=O) groups excluding carboxylic acids is 1. The van der Waals surface area contributed by atoms with Crippen LogP contribution in [0.2, 0.25) is 5.02 Å². The number of ether oxygens (including phenoxy) is 1. The third-order valence-electron chi connectivity index (χ3n) is 4.79. The van der Waals surface area contributed by atoms with E-state index in [9.17, 15) is 4.79 Å². The molecule has 0 bridgehead atoms. The van der Waals surface area contributed by atoms with Gasteiger partial charge in [0.25, 0.3) is 5.91 Å². The number of nitrogens with one attached hydrogen (secondary N) is 1. The third-order valence-corrected chi connectivity index (χ3v) is 6.79. The second-order valence-electron chi connectivity index (χ2n) is 7.11. The van der Waals surface area contributed by atoms with E-state index in [2.05, 4.69) is 52.0 Å². The summed E-state index contributed by atoms with van der Waals surface area (Å²) in [6.45, 7) is 2.58. The van der Waals surface area contributed by atoms with E-state index in [4.69, 9.17) is 16.3 Å². The zero-order valence-electron chi connectivity index (χ0n) is 17.3. The Kier molecular flexibility index (Phi) is 7.55. The van der Waals surface area contributed by atoms with Crippen molar-refractivity contribution in [2.45, 2.75) is 20.0 Å². The smallest absolute Gasteiger partial charge is 0.264 e. The summed E-state index contributed by atoms with van der Waals surface area (Å²) >= 11 is 9.51. The molecule has 4 rings (SSSR count). The van der Waals surface area contributed by atoms with Gasteiger partial charge in [0.1, 0.15) is 12.4 Å². The van der Waals surface area contributed by atoms with Gasteiger partial charge in [-0.3, -0.25) is 4.79 Å². The van der Waals surface area contributed by atoms with Gasteiger partial charge in [-0.05, 0) is 99.9 Å². The van der Waals surface area contributed by atoms with Crippen molar-refractivity contribution < 1.29 is 9.53 Å². The number of nitrogens with zero attached hydrogens (tertiary/aromatic N) is 1. The lowest BCUT2D eigenvalue weighted by molar-refractivity contribution is -0.115. The third kappa shape index (κ3) is 5.94. The summed E-state index contributed by atoms with van der Waals surface area (Å²) in [6, 6.07) is 21.5. The Labute approximate surface area is 210 Å². The second kappa shape index (κ2) is 10.6. The Bertz CT molecular complexity index is 1190. The Balaban J connectivity index is 1.43. The van der Waals surface area contributed by atoms with Crippen molar-refractivity contribution in [3.63, 3.8) is 0 Å². The van der Waals surface area contributed by atoms with Crippen molar-refractivity contribution in [1.29, 1.82) is 0 Å². The molecule has 0 unspecified atom stereocenters. The van der Waals surface area contributed by atoms with E-state index in [-0.39, 0.29) is 5.91 Å². The molecule has 1 aliphatic heterocycles. The summed E-state index contributed by atoms with van der Waals surface area (Å²) in [5, 5.41) is 4.13. The van der Waals surface area contributed by atoms with Crippen molar-refractivity contribution in [2.24, 2.45) is 4.99 Å². The van der Waals surface area contributed by atoms with Crippen LogP contribution in [0.15, 0.2) is 76.6 Å². The van der Waals surface area contributed by atoms with Gasteiger partial charge >= 0.3 is 0 Å². The molecule has 1 saturated heterocycles. The van der Waals surface area contributed by atoms with Crippen LogP contribution in [0.4, 0.5) is 5.69 Å². The summed E-state index contributed by atoms with van der Waals surface area (Å²) in [4.78, 5) is 17.6. The quantitative estimate of drug-likeness (QED) is 0.255. The summed E-state index contributed by atoms with van der Waals surface area (Å²) < 4.78 is 6.91. The van der Waals surface area contributed by atoms with Crippen molar-refractivity contribution in [1.82, 2.24) is 5.32 Å². The van der Waals surface area contributed by atoms with Crippen LogP contribution in [0.1, 0.15) is 23.6 Å². The highest BCUT2D eigenvalue weighted by molar-refractivity contribution is 14.1. The van der Waals surface area contributed by atoms with Crippen LogP contribution in [0.3, 0.4) is 0 Å². The van der Waals surface area contributed by atoms with Crippen LogP contribution in [0.5, 0.6) is 5.75 Å². The van der Waals surface area contributed by atoms with Gasteiger partial charge in [-0.15, -0.1) is 0 Å². The molecule has 1 amide bonds. The standard InChI is InChI=1S/C25H20ClIN2O2S/c1-2-16-5-10-20(11-6-16)28-25-29-24(30)23(32-25)14-18-7-12-22(21(27)13-18)31-15-17-3-8-19(26)9-4-17/h3-14H,2,15H2,1H3,(H,28,29,30)/b23-14-. The van der Waals surface area contributed by atoms with Crippen molar-refractivity contribution in [3.05, 3.63) is 96.9 Å². The van der Waals surface area contributed by atoms with E-state index in [0.29, 0.717) is 21.7 Å². The van der Waals surface area contributed by atoms with Crippen LogP contribution in [-0.4, -0.2) is 11.1 Å². The molecule has 0 saturated carbocycles. The molecular weight excluding hydrogens is 555 g/mol. The monoisotopic (exact) mass is 574 g/mol. The molecule has 0 atom stereocenters. The number of rotatable bonds is 6. The topological polar surface area (TPSA) is 50.7 Å². The van der Waals surface area contributed by atoms with Crippen molar-refractivity contribution >= 4 is 68.8 Å². The molecule has 3 aromatic carbocycles. The van der Waals surface area contributed by atoms with Gasteiger partial charge < -0.3 is 10.1 Å². The summed E-state index contributed by atoms with van der Waals surface area (Å²) in [7, 11) is 0. The number of aryl methyl sites for hydroxylation is 1. The Morgan fingerprint density at radius 3 is 2.47 bits per heavy atom. The molecule has 1 N–H and O–H groups in total. The first-order chi connectivity index (χ1) is 15.5. The highest BCUT2D eigenvalue weighted by Gasteiger charge is 2.23. The first kappa shape index (κ1) is 22.9. The molecular formula is C25H20ClIN2O2S. The van der Waals surface area contributed by atoms with Crippen LogP contribution >= 0.6 is 46.0 Å². The zero-order valence-corrected chi connectivity index (χ0v) is 21.0. The Hall–Kier alpha value is -2.29. The number of hydrogen-bond acceptors (Lipinski definition) is 4. The fourth-order valence-electron chi connectivity index (χ4n) is 3.02. The van der Waals surface area contributed by atoms with Crippen LogP contribution < -0.4 is 10.1 Å². The number of thioether (sulfide) groups is 1. The summed E-state index contributed by atoms with van der Waals surface area (Å²) in [5.74, 6) is 0.654. The molecule has 0 aliphatic carbocycles. The average molecular weight is 575 g/mol. The Morgan fingerprint density at radius 1 is 1.06 bits per heavy atom. The first-order valence-electron chi connectivity index (χ1n) is 10.1. The number of benzene rings is 3. The minimum atomic E-state index is -0.142. The van der Waals surface area contributed by atoms with E-state index in [0.717, 1.165) is 32.6 Å². The molecule has 0 aromatic heterocycles. The lowest BCUT2D eigenvalue weighted by atomic mass is 10.2. The van der Waals surface area contributed by atoms with Gasteiger partial charge in [-0.25, -0.2) is 4.99 Å². The predicted molar refractivity (Wildman–Crippen MR) is 142 cm³/mol. The van der Waals surface area contributed by atoms with Gasteiger partial charge in [0.2, 0.25) is 0 Å². The minimum absolute atomic E-state index is 0.142. The maximum absolute atomic E-state index is 12.4. The van der Waals surface area contributed by atoms with E-state index in [1.165, 1.54) is 17.3 Å². The molecule has 1 fully saturated rings. The highest BCUT2D eigenvalue weighted by Crippen LogP contribution is 2.30. The van der Waals surface area contributed by atoms with Gasteiger partial charge in [-0.2, -0.15) is 0 Å². The fourth-order valence-corrected chi connectivity index (χ4v) is 4.68. The van der Waals surface area contributed by atoms with Crippen molar-refractivity contribution in [2.75, 3.05) is 0 Å². The lowest BCUT2D eigenvalue weighted by Gasteiger charge is -2.09. The van der Waals surface area contributed by atoms with Gasteiger partial charge in [0, 0.05) is 5.02 Å². The minimum Gasteiger partial charge on any atom is -0.488 e. The second-order valence-corrected chi connectivity index (χ2v) is 9.74. The summed E-state index contributed by atoms with van der Waals surface area (Å²) in [5.41, 5.74) is 4.06. The molecule has 4 nitrogen and oxygen atoms in total. The fraction of sp³-hybridized carbons (Fsp3) is 0.120. The van der Waals surface area contributed by atoms with Crippen molar-refractivity contribution in [3.8, 4) is 5.75 Å². The molecule has 1 heterocycles. The molecule has 162 valence electrons. The van der Waals surface area contributed by atoms with E-state index in [1.54, 1.807) is 0 Å². The number of aliphatic imine (C=N–C) groups is 1. The normalized spacial score (nSPS) is 15.9. The predicted octanol–water partition coefficient (Wildman–Crippen LogP) is 6.98. The van der Waals surface area contributed by atoms with Gasteiger partial charge in [0.15, 0.2) is 5.17 Å². The molecule has 32 heavy (non-hydrogen) atoms. The highest BCUT2D eigenvalue weighted by atomic mass is 127. The maximum atomic E-state index is 12.4. The average Bonchev–Trinajstić information content (AvgIpc) is 3.13. The number of carbonyl (C=O) groups is 1. The van der Waals surface area contributed by atoms with E-state index < -0.39 is 0 Å². The Morgan fingerprint density at radius 2 is 1.78 bits per heavy atom. The molecule has 7 heteroatoms. The van der Waals surface area contributed by atoms with Crippen LogP contribution in [0, 0.1) is 3.57 Å². The number of amides is 1. The van der Waals surface area contributed by atoms with Crippen LogP contribution in [0.25, 0.3) is 6.08 Å². The number of hydrogen-bond donors (Lipinski definition) is 1. The lowest BCUT2D eigenvalue weighted by Crippen LogP contribution is -2.19. The van der Waals surface area contributed by atoms with E-state index >= 15 is 0 Å². The largest absolute Gasteiger partial charge is 0.488 e. The molecule has 0 radical (unpaired) electrons. The molecule has 1 aliphatic rings.